The van der Waals surface area contributed by atoms with Gasteiger partial charge in [0.15, 0.2) is 0 Å². The highest BCUT2D eigenvalue weighted by Crippen LogP contribution is 2.33. The fourth-order valence-electron chi connectivity index (χ4n) is 3.80. The van der Waals surface area contributed by atoms with Crippen molar-refractivity contribution in [1.29, 1.82) is 0 Å². The molecule has 0 atom stereocenters. The molecule has 0 radical (unpaired) electrons. The highest BCUT2D eigenvalue weighted by atomic mass is 32.2. The minimum atomic E-state index is -4.63. The maximum atomic E-state index is 13.3. The molecular formula is C22H22F3N5O3S. The van der Waals surface area contributed by atoms with Gasteiger partial charge < -0.3 is 5.32 Å². The zero-order chi connectivity index (χ0) is 24.5. The third-order valence-electron chi connectivity index (χ3n) is 5.62. The van der Waals surface area contributed by atoms with Gasteiger partial charge in [0, 0.05) is 18.7 Å². The largest absolute Gasteiger partial charge is 0.416 e. The monoisotopic (exact) mass is 493 g/mol. The van der Waals surface area contributed by atoms with Gasteiger partial charge in [-0.25, -0.2) is 18.1 Å². The van der Waals surface area contributed by atoms with E-state index in [1.54, 1.807) is 6.92 Å². The first kappa shape index (κ1) is 23.9. The molecule has 1 fully saturated rings. The van der Waals surface area contributed by atoms with Crippen molar-refractivity contribution in [3.63, 3.8) is 0 Å². The van der Waals surface area contributed by atoms with Gasteiger partial charge in [0.1, 0.15) is 12.7 Å². The number of amides is 1. The predicted molar refractivity (Wildman–Crippen MR) is 118 cm³/mol. The molecule has 1 saturated heterocycles. The summed E-state index contributed by atoms with van der Waals surface area (Å²) in [5, 5.41) is 6.39. The number of hydrogen-bond donors (Lipinski definition) is 1. The van der Waals surface area contributed by atoms with Crippen molar-refractivity contribution in [2.24, 2.45) is 0 Å². The first-order chi connectivity index (χ1) is 16.1. The summed E-state index contributed by atoms with van der Waals surface area (Å²) in [6.45, 7) is 2.45. The first-order valence-corrected chi connectivity index (χ1v) is 12.0. The first-order valence-electron chi connectivity index (χ1n) is 10.6. The minimum absolute atomic E-state index is 0.00240. The molecule has 3 aromatic rings. The van der Waals surface area contributed by atoms with Crippen LogP contribution in [-0.2, 0) is 16.2 Å². The number of benzene rings is 2. The molecule has 0 spiro atoms. The molecule has 34 heavy (non-hydrogen) atoms. The summed E-state index contributed by atoms with van der Waals surface area (Å²) in [7, 11) is -3.81. The van der Waals surface area contributed by atoms with E-state index in [1.807, 2.05) is 0 Å². The van der Waals surface area contributed by atoms with Gasteiger partial charge in [-0.05, 0) is 55.7 Å². The number of carbonyl (C=O) groups excluding carboxylic acids is 1. The number of hydrogen-bond acceptors (Lipinski definition) is 5. The third-order valence-corrected chi connectivity index (χ3v) is 7.66. The van der Waals surface area contributed by atoms with E-state index in [0.717, 1.165) is 31.4 Å². The standard InChI is InChI=1S/C22H22F3N5O3S/c1-15-5-6-16(11-20(15)34(32,33)29-9-3-2-4-10-29)21(31)28-18-12-17(22(23,24)25)7-8-19(18)30-14-26-13-27-30/h5-8,11-14H,2-4,9-10H2,1H3,(H,28,31). The lowest BCUT2D eigenvalue weighted by Gasteiger charge is -2.26. The fourth-order valence-corrected chi connectivity index (χ4v) is 5.57. The number of anilines is 1. The van der Waals surface area contributed by atoms with Crippen molar-refractivity contribution in [3.8, 4) is 5.69 Å². The Morgan fingerprint density at radius 2 is 1.79 bits per heavy atom. The van der Waals surface area contributed by atoms with Crippen LogP contribution in [0.2, 0.25) is 0 Å². The molecule has 180 valence electrons. The van der Waals surface area contributed by atoms with Crippen LogP contribution in [0.15, 0.2) is 53.9 Å². The lowest BCUT2D eigenvalue weighted by Crippen LogP contribution is -2.36. The molecule has 1 N–H and O–H groups in total. The van der Waals surface area contributed by atoms with E-state index in [-0.39, 0.29) is 21.8 Å². The van der Waals surface area contributed by atoms with Gasteiger partial charge in [-0.15, -0.1) is 0 Å². The number of piperidine rings is 1. The van der Waals surface area contributed by atoms with E-state index < -0.39 is 27.7 Å². The number of carbonyl (C=O) groups is 1. The van der Waals surface area contributed by atoms with E-state index in [0.29, 0.717) is 18.7 Å². The van der Waals surface area contributed by atoms with Crippen LogP contribution in [0.3, 0.4) is 0 Å². The highest BCUT2D eigenvalue weighted by molar-refractivity contribution is 7.89. The van der Waals surface area contributed by atoms with Crippen LogP contribution in [0, 0.1) is 6.92 Å². The second-order valence-electron chi connectivity index (χ2n) is 7.97. The van der Waals surface area contributed by atoms with Gasteiger partial charge >= 0.3 is 6.18 Å². The van der Waals surface area contributed by atoms with E-state index in [9.17, 15) is 26.4 Å². The summed E-state index contributed by atoms with van der Waals surface area (Å²) < 4.78 is 68.8. The lowest BCUT2D eigenvalue weighted by atomic mass is 10.1. The molecular weight excluding hydrogens is 471 g/mol. The van der Waals surface area contributed by atoms with Crippen molar-refractivity contribution >= 4 is 21.6 Å². The second kappa shape index (κ2) is 9.18. The Bertz CT molecular complexity index is 1300. The lowest BCUT2D eigenvalue weighted by molar-refractivity contribution is -0.137. The van der Waals surface area contributed by atoms with Gasteiger partial charge in [-0.1, -0.05) is 12.5 Å². The quantitative estimate of drug-likeness (QED) is 0.579. The van der Waals surface area contributed by atoms with Gasteiger partial charge in [0.2, 0.25) is 10.0 Å². The van der Waals surface area contributed by atoms with Crippen LogP contribution in [-0.4, -0.2) is 46.5 Å². The summed E-state index contributed by atoms with van der Waals surface area (Å²) in [5.74, 6) is -0.754. The molecule has 1 aromatic heterocycles. The van der Waals surface area contributed by atoms with E-state index >= 15 is 0 Å². The maximum absolute atomic E-state index is 13.3. The van der Waals surface area contributed by atoms with E-state index in [4.69, 9.17) is 0 Å². The highest BCUT2D eigenvalue weighted by Gasteiger charge is 2.32. The molecule has 0 saturated carbocycles. The Balaban J connectivity index is 1.69. The Morgan fingerprint density at radius 1 is 1.06 bits per heavy atom. The normalized spacial score (nSPS) is 15.3. The number of nitrogens with one attached hydrogen (secondary N) is 1. The van der Waals surface area contributed by atoms with Gasteiger partial charge in [0.05, 0.1) is 21.8 Å². The van der Waals surface area contributed by atoms with Crippen molar-refractivity contribution in [3.05, 3.63) is 65.7 Å². The van der Waals surface area contributed by atoms with Crippen LogP contribution >= 0.6 is 0 Å². The molecule has 1 amide bonds. The topological polar surface area (TPSA) is 97.2 Å². The molecule has 12 heteroatoms. The van der Waals surface area contributed by atoms with Crippen LogP contribution in [0.4, 0.5) is 18.9 Å². The Kier molecular flexibility index (Phi) is 6.45. The minimum Gasteiger partial charge on any atom is -0.320 e. The van der Waals surface area contributed by atoms with Gasteiger partial charge in [-0.2, -0.15) is 22.6 Å². The number of rotatable bonds is 5. The van der Waals surface area contributed by atoms with E-state index in [2.05, 4.69) is 15.4 Å². The number of aromatic nitrogens is 3. The summed E-state index contributed by atoms with van der Waals surface area (Å²) in [4.78, 5) is 16.8. The number of aryl methyl sites for hydroxylation is 1. The number of halogens is 3. The number of sulfonamides is 1. The zero-order valence-corrected chi connectivity index (χ0v) is 19.0. The Labute approximate surface area is 194 Å². The molecule has 8 nitrogen and oxygen atoms in total. The van der Waals surface area contributed by atoms with Crippen molar-refractivity contribution in [1.82, 2.24) is 19.1 Å². The van der Waals surface area contributed by atoms with Crippen molar-refractivity contribution in [2.45, 2.75) is 37.3 Å². The molecule has 1 aliphatic heterocycles. The summed E-state index contributed by atoms with van der Waals surface area (Å²) >= 11 is 0. The second-order valence-corrected chi connectivity index (χ2v) is 9.88. The third kappa shape index (κ3) is 4.82. The summed E-state index contributed by atoms with van der Waals surface area (Å²) in [5.41, 5.74) is -0.449. The van der Waals surface area contributed by atoms with Crippen LogP contribution in [0.5, 0.6) is 0 Å². The number of alkyl halides is 3. The van der Waals surface area contributed by atoms with Crippen LogP contribution in [0.1, 0.15) is 40.7 Å². The fraction of sp³-hybridized carbons (Fsp3) is 0.318. The average Bonchev–Trinajstić information content (AvgIpc) is 3.34. The zero-order valence-electron chi connectivity index (χ0n) is 18.2. The SMILES string of the molecule is Cc1ccc(C(=O)Nc2cc(C(F)(F)F)ccc2-n2cncn2)cc1S(=O)(=O)N1CCCCC1. The molecule has 4 rings (SSSR count). The molecule has 0 bridgehead atoms. The van der Waals surface area contributed by atoms with Gasteiger partial charge in [0.25, 0.3) is 5.91 Å². The molecule has 0 aliphatic carbocycles. The van der Waals surface area contributed by atoms with Crippen LogP contribution in [0.25, 0.3) is 5.69 Å². The Hall–Kier alpha value is -3.25. The summed E-state index contributed by atoms with van der Waals surface area (Å²) in [6, 6.07) is 7.06. The van der Waals surface area contributed by atoms with Crippen LogP contribution < -0.4 is 5.32 Å². The average molecular weight is 494 g/mol. The van der Waals surface area contributed by atoms with Crippen molar-refractivity contribution in [2.75, 3.05) is 18.4 Å². The molecule has 2 heterocycles. The number of nitrogens with zero attached hydrogens (tertiary/aromatic N) is 4. The smallest absolute Gasteiger partial charge is 0.320 e. The molecule has 1 aliphatic rings. The molecule has 0 unspecified atom stereocenters. The maximum Gasteiger partial charge on any atom is 0.416 e. The van der Waals surface area contributed by atoms with Crippen molar-refractivity contribution < 1.29 is 26.4 Å². The summed E-state index contributed by atoms with van der Waals surface area (Å²) in [6.07, 6.45) is 0.352. The van der Waals surface area contributed by atoms with E-state index in [1.165, 1.54) is 45.9 Å². The Morgan fingerprint density at radius 3 is 2.44 bits per heavy atom. The predicted octanol–water partition coefficient (Wildman–Crippen LogP) is 4.02. The molecule has 2 aromatic carbocycles. The van der Waals surface area contributed by atoms with Gasteiger partial charge in [-0.3, -0.25) is 4.79 Å².